The lowest BCUT2D eigenvalue weighted by Crippen LogP contribution is -2.18. The summed E-state index contributed by atoms with van der Waals surface area (Å²) in [6, 6.07) is 14.7. The molecule has 0 aliphatic heterocycles. The standard InChI is InChI=1S/C21H21N3O3/c1-3-16(11-15(2)27-19-7-5-4-6-8-19)13-24-14-18-10-9-17(21(25)23-26)12-20(18)22-24/h3-12,14,26H,13H2,1-2H3,(H,23,25). The van der Waals surface area contributed by atoms with Crippen molar-refractivity contribution in [3.05, 3.63) is 83.8 Å². The summed E-state index contributed by atoms with van der Waals surface area (Å²) in [5.41, 5.74) is 3.72. The van der Waals surface area contributed by atoms with Crippen LogP contribution >= 0.6 is 0 Å². The molecule has 2 aromatic carbocycles. The molecule has 138 valence electrons. The van der Waals surface area contributed by atoms with E-state index in [1.165, 1.54) is 0 Å². The van der Waals surface area contributed by atoms with E-state index in [2.05, 4.69) is 5.10 Å². The first-order valence-corrected chi connectivity index (χ1v) is 8.57. The van der Waals surface area contributed by atoms with E-state index >= 15 is 0 Å². The van der Waals surface area contributed by atoms with Gasteiger partial charge in [0.1, 0.15) is 11.5 Å². The second-order valence-corrected chi connectivity index (χ2v) is 6.07. The van der Waals surface area contributed by atoms with Gasteiger partial charge in [0.15, 0.2) is 0 Å². The molecule has 0 unspecified atom stereocenters. The van der Waals surface area contributed by atoms with Gasteiger partial charge < -0.3 is 4.74 Å². The zero-order chi connectivity index (χ0) is 19.2. The van der Waals surface area contributed by atoms with Crippen LogP contribution in [0.3, 0.4) is 0 Å². The second kappa shape index (κ2) is 8.33. The summed E-state index contributed by atoms with van der Waals surface area (Å²) >= 11 is 0. The van der Waals surface area contributed by atoms with Gasteiger partial charge in [0.05, 0.1) is 12.1 Å². The number of ether oxygens (including phenoxy) is 1. The number of fused-ring (bicyclic) bond motifs is 1. The monoisotopic (exact) mass is 363 g/mol. The summed E-state index contributed by atoms with van der Waals surface area (Å²) in [4.78, 5) is 11.5. The van der Waals surface area contributed by atoms with Gasteiger partial charge in [-0.3, -0.25) is 14.7 Å². The molecule has 0 spiro atoms. The van der Waals surface area contributed by atoms with Gasteiger partial charge in [0.25, 0.3) is 5.91 Å². The summed E-state index contributed by atoms with van der Waals surface area (Å²) in [6.07, 6.45) is 5.90. The van der Waals surface area contributed by atoms with E-state index in [0.29, 0.717) is 17.6 Å². The largest absolute Gasteiger partial charge is 0.462 e. The summed E-state index contributed by atoms with van der Waals surface area (Å²) in [5, 5.41) is 14.2. The van der Waals surface area contributed by atoms with Gasteiger partial charge in [-0.1, -0.05) is 30.3 Å². The molecule has 1 amide bonds. The van der Waals surface area contributed by atoms with Gasteiger partial charge in [-0.25, -0.2) is 5.48 Å². The zero-order valence-corrected chi connectivity index (χ0v) is 15.2. The molecule has 0 atom stereocenters. The third-order valence-corrected chi connectivity index (χ3v) is 4.04. The highest BCUT2D eigenvalue weighted by Crippen LogP contribution is 2.17. The first-order valence-electron chi connectivity index (χ1n) is 8.57. The Morgan fingerprint density at radius 2 is 2.04 bits per heavy atom. The lowest BCUT2D eigenvalue weighted by molar-refractivity contribution is 0.0706. The van der Waals surface area contributed by atoms with Crippen molar-refractivity contribution in [1.82, 2.24) is 15.3 Å². The first-order chi connectivity index (χ1) is 13.1. The molecule has 2 N–H and O–H groups in total. The quantitative estimate of drug-likeness (QED) is 0.299. The fourth-order valence-corrected chi connectivity index (χ4v) is 2.73. The van der Waals surface area contributed by atoms with Crippen molar-refractivity contribution in [2.24, 2.45) is 0 Å². The Hall–Kier alpha value is -3.38. The smallest absolute Gasteiger partial charge is 0.274 e. The third-order valence-electron chi connectivity index (χ3n) is 4.04. The van der Waals surface area contributed by atoms with E-state index in [9.17, 15) is 4.79 Å². The molecule has 1 aromatic heterocycles. The Kier molecular flexibility index (Phi) is 5.68. The minimum Gasteiger partial charge on any atom is -0.462 e. The number of hydrogen-bond acceptors (Lipinski definition) is 4. The molecule has 0 aliphatic rings. The van der Waals surface area contributed by atoms with Crippen LogP contribution < -0.4 is 10.2 Å². The Labute approximate surface area is 157 Å². The van der Waals surface area contributed by atoms with Crippen LogP contribution in [0.15, 0.2) is 78.2 Å². The number of para-hydroxylation sites is 1. The molecule has 0 saturated carbocycles. The molecule has 0 saturated heterocycles. The minimum atomic E-state index is -0.558. The van der Waals surface area contributed by atoms with Crippen LogP contribution in [0.2, 0.25) is 0 Å². The third kappa shape index (κ3) is 4.62. The number of nitrogens with zero attached hydrogens (tertiary/aromatic N) is 2. The summed E-state index contributed by atoms with van der Waals surface area (Å²) < 4.78 is 7.63. The van der Waals surface area contributed by atoms with Crippen molar-refractivity contribution in [1.29, 1.82) is 0 Å². The topological polar surface area (TPSA) is 76.4 Å². The summed E-state index contributed by atoms with van der Waals surface area (Å²) in [6.45, 7) is 4.45. The molecule has 0 aliphatic carbocycles. The van der Waals surface area contributed by atoms with Crippen molar-refractivity contribution in [3.63, 3.8) is 0 Å². The van der Waals surface area contributed by atoms with E-state index in [0.717, 1.165) is 22.5 Å². The lowest BCUT2D eigenvalue weighted by atomic mass is 10.1. The number of rotatable bonds is 6. The fraction of sp³-hybridized carbons (Fsp3) is 0.143. The average molecular weight is 363 g/mol. The minimum absolute atomic E-state index is 0.355. The summed E-state index contributed by atoms with van der Waals surface area (Å²) in [7, 11) is 0. The molecular formula is C21H21N3O3. The molecule has 0 bridgehead atoms. The van der Waals surface area contributed by atoms with Gasteiger partial charge in [-0.15, -0.1) is 0 Å². The first kappa shape index (κ1) is 18.4. The normalized spacial score (nSPS) is 12.3. The van der Waals surface area contributed by atoms with E-state index in [1.807, 2.05) is 67.2 Å². The lowest BCUT2D eigenvalue weighted by Gasteiger charge is -2.08. The number of aromatic nitrogens is 2. The molecule has 0 radical (unpaired) electrons. The molecular weight excluding hydrogens is 342 g/mol. The van der Waals surface area contributed by atoms with Crippen molar-refractivity contribution in [3.8, 4) is 5.75 Å². The van der Waals surface area contributed by atoms with Crippen LogP contribution in [0.1, 0.15) is 24.2 Å². The molecule has 3 aromatic rings. The van der Waals surface area contributed by atoms with Crippen LogP contribution in [-0.4, -0.2) is 20.9 Å². The van der Waals surface area contributed by atoms with E-state index < -0.39 is 5.91 Å². The molecule has 6 heteroatoms. The predicted octanol–water partition coefficient (Wildman–Crippen LogP) is 4.08. The second-order valence-electron chi connectivity index (χ2n) is 6.07. The highest BCUT2D eigenvalue weighted by Gasteiger charge is 2.08. The maximum Gasteiger partial charge on any atom is 0.274 e. The summed E-state index contributed by atoms with van der Waals surface area (Å²) in [5.74, 6) is 1.02. The SMILES string of the molecule is CC=C(C=C(C)Oc1ccccc1)Cn1cc2ccc(C(=O)NO)cc2n1. The average Bonchev–Trinajstić information content (AvgIpc) is 3.08. The number of amides is 1. The maximum atomic E-state index is 11.5. The van der Waals surface area contributed by atoms with Crippen LogP contribution in [-0.2, 0) is 6.54 Å². The van der Waals surface area contributed by atoms with Gasteiger partial charge in [0.2, 0.25) is 0 Å². The van der Waals surface area contributed by atoms with Gasteiger partial charge in [0, 0.05) is 17.1 Å². The highest BCUT2D eigenvalue weighted by atomic mass is 16.5. The van der Waals surface area contributed by atoms with E-state index in [-0.39, 0.29) is 0 Å². The van der Waals surface area contributed by atoms with Gasteiger partial charge >= 0.3 is 0 Å². The van der Waals surface area contributed by atoms with Crippen LogP contribution in [0, 0.1) is 0 Å². The van der Waals surface area contributed by atoms with Gasteiger partial charge in [-0.05, 0) is 49.8 Å². The Balaban J connectivity index is 1.76. The van der Waals surface area contributed by atoms with Crippen molar-refractivity contribution < 1.29 is 14.7 Å². The molecule has 6 nitrogen and oxygen atoms in total. The Morgan fingerprint density at radius 1 is 1.26 bits per heavy atom. The van der Waals surface area contributed by atoms with Crippen LogP contribution in [0.5, 0.6) is 5.75 Å². The Bertz CT molecular complexity index is 1000. The predicted molar refractivity (Wildman–Crippen MR) is 104 cm³/mol. The zero-order valence-electron chi connectivity index (χ0n) is 15.2. The van der Waals surface area contributed by atoms with Crippen LogP contribution in [0.4, 0.5) is 0 Å². The highest BCUT2D eigenvalue weighted by molar-refractivity contribution is 5.97. The Morgan fingerprint density at radius 3 is 2.74 bits per heavy atom. The molecule has 3 rings (SSSR count). The van der Waals surface area contributed by atoms with Crippen molar-refractivity contribution in [2.75, 3.05) is 0 Å². The van der Waals surface area contributed by atoms with E-state index in [4.69, 9.17) is 9.94 Å². The van der Waals surface area contributed by atoms with Crippen molar-refractivity contribution in [2.45, 2.75) is 20.4 Å². The molecule has 27 heavy (non-hydrogen) atoms. The number of carbonyl (C=O) groups is 1. The van der Waals surface area contributed by atoms with Crippen LogP contribution in [0.25, 0.3) is 10.9 Å². The van der Waals surface area contributed by atoms with Crippen molar-refractivity contribution >= 4 is 16.8 Å². The number of nitrogens with one attached hydrogen (secondary N) is 1. The number of carbonyl (C=O) groups excluding carboxylic acids is 1. The van der Waals surface area contributed by atoms with Gasteiger partial charge in [-0.2, -0.15) is 5.10 Å². The van der Waals surface area contributed by atoms with E-state index in [1.54, 1.807) is 23.7 Å². The number of allylic oxidation sites excluding steroid dienone is 4. The molecule has 1 heterocycles. The number of hydrogen-bond donors (Lipinski definition) is 2. The molecule has 0 fully saturated rings. The maximum absolute atomic E-state index is 11.5. The number of benzene rings is 2. The number of hydroxylamine groups is 1. The fourth-order valence-electron chi connectivity index (χ4n) is 2.73.